The molecular formula is C67H97N3O6. The molecule has 1 unspecified atom stereocenters. The fraction of sp³-hybridized carbons (Fsp3) is 0.851. The summed E-state index contributed by atoms with van der Waals surface area (Å²) in [6.45, 7) is 52.1. The molecule has 9 heteroatoms. The quantitative estimate of drug-likeness (QED) is 0.259. The van der Waals surface area contributed by atoms with Crippen LogP contribution < -0.4 is 0 Å². The van der Waals surface area contributed by atoms with Crippen molar-refractivity contribution in [2.45, 2.75) is 244 Å². The first kappa shape index (κ1) is 55.8. The van der Waals surface area contributed by atoms with Crippen LogP contribution in [0.2, 0.25) is 0 Å². The van der Waals surface area contributed by atoms with Crippen LogP contribution in [0.4, 0.5) is 0 Å². The first-order chi connectivity index (χ1) is 35.1. The Labute approximate surface area is 458 Å². The molecule has 76 heavy (non-hydrogen) atoms. The molecule has 1 saturated heterocycles. The number of nitrogens with zero attached hydrogens (tertiary/aromatic N) is 3. The smallest absolute Gasteiger partial charge is 0.281 e. The van der Waals surface area contributed by atoms with E-state index in [1.807, 2.05) is 19.9 Å². The third kappa shape index (κ3) is 6.53. The number of allylic oxidation sites excluding steroid dienone is 2. The molecule has 11 rings (SSSR count). The van der Waals surface area contributed by atoms with E-state index in [1.54, 1.807) is 0 Å². The Balaban J connectivity index is 0.000000173. The Hall–Kier alpha value is -3.46. The summed E-state index contributed by atoms with van der Waals surface area (Å²) in [5.41, 5.74) is -3.47. The van der Waals surface area contributed by atoms with Crippen LogP contribution in [0.15, 0.2) is 11.8 Å². The van der Waals surface area contributed by atoms with Crippen molar-refractivity contribution in [3.63, 3.8) is 0 Å². The number of Topliss-reactive ketones (excluding diaryl/α,β-unsaturated/α-hetero) is 5. The summed E-state index contributed by atoms with van der Waals surface area (Å²) < 4.78 is 0. The molecule has 0 N–H and O–H groups in total. The first-order valence-electron chi connectivity index (χ1n) is 30.5. The predicted molar refractivity (Wildman–Crippen MR) is 297 cm³/mol. The van der Waals surface area contributed by atoms with Gasteiger partial charge in [-0.05, 0) is 171 Å². The molecule has 10 fully saturated rings. The van der Waals surface area contributed by atoms with Gasteiger partial charge in [-0.1, -0.05) is 110 Å². The van der Waals surface area contributed by atoms with Crippen molar-refractivity contribution in [3.05, 3.63) is 34.6 Å². The maximum absolute atomic E-state index is 15.0. The summed E-state index contributed by atoms with van der Waals surface area (Å²) in [6, 6.07) is -0.598. The Kier molecular flexibility index (Phi) is 12.3. The summed E-state index contributed by atoms with van der Waals surface area (Å²) in [5.74, 6) is 2.03. The number of carbonyl (C=O) groups is 6. The van der Waals surface area contributed by atoms with E-state index in [1.165, 1.54) is 0 Å². The van der Waals surface area contributed by atoms with Crippen LogP contribution in [0.3, 0.4) is 0 Å². The molecule has 1 amide bonds. The molecule has 11 aliphatic rings. The van der Waals surface area contributed by atoms with E-state index in [4.69, 9.17) is 13.1 Å². The van der Waals surface area contributed by atoms with Gasteiger partial charge in [-0.2, -0.15) is 0 Å². The van der Waals surface area contributed by atoms with E-state index < -0.39 is 27.8 Å². The minimum Gasteiger partial charge on any atom is -0.329 e. The SMILES string of the molecule is [C-]#[N+]C1=C[C@]2(C)[C@H]3CC(=O)[C@]45[C@@H]6CC(C)(C)CC[C@@]6(CC[C@@]4(C)[C@]3(C)CC[C@H]2C(C)(C)C1=O)C(=O)N5CC.[C-]#[N+]C1C[C@]2(C)[C@H]3CC(=O)[C@@H]4[C@@H]5CC(C)(C)CC[C@]5(C(=O)CCC)CC[C@@]4(C)[C@]3(C)CC[C@H]2C(C)(C)C1=O. The highest BCUT2D eigenvalue weighted by molar-refractivity contribution is 6.04. The molecule has 10 aliphatic carbocycles. The molecule has 1 aliphatic heterocycles. The predicted octanol–water partition coefficient (Wildman–Crippen LogP) is 14.5. The van der Waals surface area contributed by atoms with Crippen molar-refractivity contribution >= 4 is 34.8 Å². The highest BCUT2D eigenvalue weighted by Crippen LogP contribution is 2.81. The number of fused-ring (bicyclic) bond motifs is 11. The van der Waals surface area contributed by atoms with Crippen molar-refractivity contribution in [3.8, 4) is 0 Å². The number of likely N-dealkylation sites (N-methyl/N-ethyl adjacent to an activating group) is 1. The lowest BCUT2D eigenvalue weighted by Crippen LogP contribution is -2.77. The molecule has 1 spiro atoms. The van der Waals surface area contributed by atoms with Crippen molar-refractivity contribution in [2.75, 3.05) is 6.54 Å². The summed E-state index contributed by atoms with van der Waals surface area (Å²) >= 11 is 0. The van der Waals surface area contributed by atoms with Gasteiger partial charge in [0.1, 0.15) is 17.1 Å². The largest absolute Gasteiger partial charge is 0.329 e. The minimum atomic E-state index is -0.754. The van der Waals surface area contributed by atoms with Crippen LogP contribution in [0.5, 0.6) is 0 Å². The standard InChI is InChI=1S/C34H51NO3.C33H46N2O3/c1-10-11-26(37)34-16-14-29(2,3)19-21(34)27-23(36)18-25-31(6)20-22(35-9)28(38)30(4,5)24(31)12-13-32(25,7)33(27,8)15-17-34;1-10-35-26(38)32-15-13-27(2,3)19-23(32)33(35)24(36)17-22-29(6)18-20(34-9)25(37)28(4,5)21(29)11-12-30(22,7)31(33,8)14-16-32/h21-22,24-25,27H,10-20H2,1-8H3;18,21-23H,10-17,19H2,1-8H3/t21-,22?,24-,25+,27-,31-,32+,33+,34-;21-,22+,23+,29-,30+,31-,32-,33+/m00/s1. The third-order valence-corrected chi connectivity index (χ3v) is 28.0. The van der Waals surface area contributed by atoms with Crippen LogP contribution in [0.25, 0.3) is 9.69 Å². The second-order valence-corrected chi connectivity index (χ2v) is 32.3. The second kappa shape index (κ2) is 16.8. The van der Waals surface area contributed by atoms with Crippen molar-refractivity contribution < 1.29 is 28.8 Å². The van der Waals surface area contributed by atoms with E-state index in [0.29, 0.717) is 43.8 Å². The monoisotopic (exact) mass is 1040 g/mol. The lowest BCUT2D eigenvalue weighted by atomic mass is 9.30. The Morgan fingerprint density at radius 1 is 0.632 bits per heavy atom. The van der Waals surface area contributed by atoms with E-state index in [2.05, 4.69) is 112 Å². The molecule has 0 aromatic carbocycles. The van der Waals surface area contributed by atoms with E-state index in [0.717, 1.165) is 96.3 Å². The number of hydrogen-bond donors (Lipinski definition) is 0. The van der Waals surface area contributed by atoms with Crippen molar-refractivity contribution in [1.82, 2.24) is 4.90 Å². The number of amides is 1. The van der Waals surface area contributed by atoms with Gasteiger partial charge in [0, 0.05) is 65.7 Å². The average Bonchev–Trinajstić information content (AvgIpc) is 3.49. The first-order valence-corrected chi connectivity index (χ1v) is 30.5. The molecule has 9 saturated carbocycles. The van der Waals surface area contributed by atoms with Crippen LogP contribution >= 0.6 is 0 Å². The van der Waals surface area contributed by atoms with E-state index in [9.17, 15) is 24.0 Å². The molecule has 17 atom stereocenters. The molecule has 0 aromatic heterocycles. The van der Waals surface area contributed by atoms with Gasteiger partial charge in [-0.3, -0.25) is 24.0 Å². The average molecular weight is 1040 g/mol. The zero-order valence-electron chi connectivity index (χ0n) is 50.1. The third-order valence-electron chi connectivity index (χ3n) is 28.0. The highest BCUT2D eigenvalue weighted by Gasteiger charge is 2.84. The van der Waals surface area contributed by atoms with Gasteiger partial charge in [-0.25, -0.2) is 11.4 Å². The van der Waals surface area contributed by atoms with Crippen LogP contribution in [-0.4, -0.2) is 57.8 Å². The van der Waals surface area contributed by atoms with Crippen LogP contribution in [0, 0.1) is 120 Å². The normalized spacial score (nSPS) is 49.7. The maximum atomic E-state index is 15.0. The number of hydrogen-bond acceptors (Lipinski definition) is 6. The topological polar surface area (TPSA) is 114 Å². The van der Waals surface area contributed by atoms with Gasteiger partial charge in [0.2, 0.25) is 17.4 Å². The summed E-state index contributed by atoms with van der Waals surface area (Å²) in [5, 5.41) is 0. The van der Waals surface area contributed by atoms with Gasteiger partial charge in [0.15, 0.2) is 11.6 Å². The lowest BCUT2D eigenvalue weighted by Gasteiger charge is -2.73. The Morgan fingerprint density at radius 3 is 1.87 bits per heavy atom. The van der Waals surface area contributed by atoms with E-state index >= 15 is 4.79 Å². The van der Waals surface area contributed by atoms with Crippen molar-refractivity contribution in [2.24, 2.45) is 106 Å². The summed E-state index contributed by atoms with van der Waals surface area (Å²) in [6.07, 6.45) is 18.4. The fourth-order valence-electron chi connectivity index (χ4n) is 23.8. The Morgan fingerprint density at radius 2 is 1.24 bits per heavy atom. The Bertz CT molecular complexity index is 2700. The number of ketones is 5. The molecule has 9 nitrogen and oxygen atoms in total. The van der Waals surface area contributed by atoms with Gasteiger partial charge in [-0.15, -0.1) is 0 Å². The van der Waals surface area contributed by atoms with Crippen molar-refractivity contribution in [1.29, 1.82) is 0 Å². The number of carbonyl (C=O) groups excluding carboxylic acids is 6. The number of rotatable bonds is 4. The second-order valence-electron chi connectivity index (χ2n) is 32.3. The van der Waals surface area contributed by atoms with E-state index in [-0.39, 0.29) is 119 Å². The molecule has 0 radical (unpaired) electrons. The van der Waals surface area contributed by atoms with Gasteiger partial charge >= 0.3 is 0 Å². The molecule has 416 valence electrons. The zero-order chi connectivity index (χ0) is 56.0. The van der Waals surface area contributed by atoms with Gasteiger partial charge in [0.05, 0.1) is 12.0 Å². The number of likely N-dealkylation sites (tertiary alicyclic amines) is 1. The van der Waals surface area contributed by atoms with Crippen LogP contribution in [0.1, 0.15) is 233 Å². The summed E-state index contributed by atoms with van der Waals surface area (Å²) in [4.78, 5) is 94.1. The molecule has 0 aromatic rings. The van der Waals surface area contributed by atoms with Crippen LogP contribution in [-0.2, 0) is 28.8 Å². The molecular weight excluding hydrogens is 943 g/mol. The summed E-state index contributed by atoms with van der Waals surface area (Å²) in [7, 11) is 0. The maximum Gasteiger partial charge on any atom is 0.281 e. The highest BCUT2D eigenvalue weighted by atomic mass is 16.2. The molecule has 2 bridgehead atoms. The molecule has 1 heterocycles. The van der Waals surface area contributed by atoms with Gasteiger partial charge < -0.3 is 14.5 Å². The van der Waals surface area contributed by atoms with Gasteiger partial charge in [0.25, 0.3) is 6.04 Å². The zero-order valence-corrected chi connectivity index (χ0v) is 50.1. The lowest BCUT2D eigenvalue weighted by molar-refractivity contribution is -0.233. The fourth-order valence-corrected chi connectivity index (χ4v) is 23.8. The minimum absolute atomic E-state index is 0.0403.